The SMILES string of the molecule is CC(C)(C)NC(=O)c1ccc(C2SCC(=O)N2Cc2ccco2)cc1. The Labute approximate surface area is 151 Å². The summed E-state index contributed by atoms with van der Waals surface area (Å²) in [5, 5.41) is 2.89. The quantitative estimate of drug-likeness (QED) is 0.907. The third-order valence-electron chi connectivity index (χ3n) is 3.82. The van der Waals surface area contributed by atoms with Gasteiger partial charge in [-0.05, 0) is 50.6 Å². The lowest BCUT2D eigenvalue weighted by molar-refractivity contribution is -0.128. The lowest BCUT2D eigenvalue weighted by Crippen LogP contribution is -2.40. The summed E-state index contributed by atoms with van der Waals surface area (Å²) < 4.78 is 5.37. The van der Waals surface area contributed by atoms with Crippen LogP contribution in [0, 0.1) is 0 Å². The summed E-state index contributed by atoms with van der Waals surface area (Å²) >= 11 is 1.59. The van der Waals surface area contributed by atoms with E-state index in [0.717, 1.165) is 11.3 Å². The molecule has 1 aromatic heterocycles. The molecule has 0 aliphatic carbocycles. The summed E-state index contributed by atoms with van der Waals surface area (Å²) in [5.74, 6) is 1.22. The highest BCUT2D eigenvalue weighted by Crippen LogP contribution is 2.39. The van der Waals surface area contributed by atoms with Crippen molar-refractivity contribution in [1.29, 1.82) is 0 Å². The minimum Gasteiger partial charge on any atom is -0.467 e. The van der Waals surface area contributed by atoms with Crippen LogP contribution in [0.15, 0.2) is 47.1 Å². The van der Waals surface area contributed by atoms with E-state index in [4.69, 9.17) is 4.42 Å². The van der Waals surface area contributed by atoms with Gasteiger partial charge >= 0.3 is 0 Å². The average Bonchev–Trinajstić information content (AvgIpc) is 3.17. The summed E-state index contributed by atoms with van der Waals surface area (Å²) in [5.41, 5.74) is 1.35. The number of carbonyl (C=O) groups excluding carboxylic acids is 2. The first-order chi connectivity index (χ1) is 11.8. The van der Waals surface area contributed by atoms with E-state index >= 15 is 0 Å². The molecule has 1 saturated heterocycles. The standard InChI is InChI=1S/C19H22N2O3S/c1-19(2,3)20-17(23)13-6-8-14(9-7-13)18-21(16(22)12-25-18)11-15-5-4-10-24-15/h4-10,18H,11-12H2,1-3H3,(H,20,23). The molecule has 1 aliphatic heterocycles. The van der Waals surface area contributed by atoms with Crippen molar-refractivity contribution in [2.45, 2.75) is 38.2 Å². The maximum absolute atomic E-state index is 12.2. The van der Waals surface area contributed by atoms with Crippen LogP contribution in [0.25, 0.3) is 0 Å². The zero-order chi connectivity index (χ0) is 18.0. The Hall–Kier alpha value is -2.21. The van der Waals surface area contributed by atoms with Crippen LogP contribution in [-0.2, 0) is 11.3 Å². The molecule has 1 fully saturated rings. The Morgan fingerprint density at radius 1 is 1.28 bits per heavy atom. The van der Waals surface area contributed by atoms with Crippen molar-refractivity contribution in [2.24, 2.45) is 0 Å². The molecule has 1 atom stereocenters. The molecule has 132 valence electrons. The van der Waals surface area contributed by atoms with Gasteiger partial charge in [0.1, 0.15) is 11.1 Å². The molecule has 2 aromatic rings. The third kappa shape index (κ3) is 4.25. The Morgan fingerprint density at radius 2 is 2.00 bits per heavy atom. The number of rotatable bonds is 4. The molecular formula is C19H22N2O3S. The molecule has 1 N–H and O–H groups in total. The summed E-state index contributed by atoms with van der Waals surface area (Å²) in [6, 6.07) is 11.1. The van der Waals surface area contributed by atoms with Crippen LogP contribution in [0.4, 0.5) is 0 Å². The molecule has 0 bridgehead atoms. The van der Waals surface area contributed by atoms with Crippen LogP contribution in [-0.4, -0.2) is 28.0 Å². The Bertz CT molecular complexity index is 748. The fourth-order valence-electron chi connectivity index (χ4n) is 2.68. The van der Waals surface area contributed by atoms with E-state index in [0.29, 0.717) is 17.9 Å². The first-order valence-corrected chi connectivity index (χ1v) is 9.24. The largest absolute Gasteiger partial charge is 0.467 e. The first-order valence-electron chi connectivity index (χ1n) is 8.19. The van der Waals surface area contributed by atoms with Crippen molar-refractivity contribution in [2.75, 3.05) is 5.75 Å². The van der Waals surface area contributed by atoms with Gasteiger partial charge in [0, 0.05) is 11.1 Å². The topological polar surface area (TPSA) is 62.6 Å². The number of amides is 2. The molecule has 0 radical (unpaired) electrons. The Balaban J connectivity index is 1.74. The van der Waals surface area contributed by atoms with E-state index in [2.05, 4.69) is 5.32 Å². The number of nitrogens with zero attached hydrogens (tertiary/aromatic N) is 1. The number of nitrogens with one attached hydrogen (secondary N) is 1. The van der Waals surface area contributed by atoms with Gasteiger partial charge in [-0.15, -0.1) is 11.8 Å². The number of hydrogen-bond acceptors (Lipinski definition) is 4. The first kappa shape index (κ1) is 17.6. The second kappa shape index (κ2) is 6.96. The van der Waals surface area contributed by atoms with Crippen LogP contribution < -0.4 is 5.32 Å². The van der Waals surface area contributed by atoms with Gasteiger partial charge in [0.25, 0.3) is 5.91 Å². The zero-order valence-corrected chi connectivity index (χ0v) is 15.4. The van der Waals surface area contributed by atoms with Crippen molar-refractivity contribution in [3.05, 3.63) is 59.5 Å². The molecule has 25 heavy (non-hydrogen) atoms. The van der Waals surface area contributed by atoms with E-state index in [1.54, 1.807) is 18.0 Å². The maximum atomic E-state index is 12.2. The van der Waals surface area contributed by atoms with Crippen LogP contribution in [0.5, 0.6) is 0 Å². The Morgan fingerprint density at radius 3 is 2.60 bits per heavy atom. The fraction of sp³-hybridized carbons (Fsp3) is 0.368. The highest BCUT2D eigenvalue weighted by Gasteiger charge is 2.33. The third-order valence-corrected chi connectivity index (χ3v) is 5.08. The van der Waals surface area contributed by atoms with Gasteiger partial charge in [-0.2, -0.15) is 0 Å². The van der Waals surface area contributed by atoms with Crippen molar-refractivity contribution in [1.82, 2.24) is 10.2 Å². The normalized spacial score (nSPS) is 17.8. The summed E-state index contributed by atoms with van der Waals surface area (Å²) in [6.45, 7) is 6.31. The van der Waals surface area contributed by atoms with Gasteiger partial charge in [-0.3, -0.25) is 9.59 Å². The number of thioether (sulfide) groups is 1. The van der Waals surface area contributed by atoms with E-state index in [-0.39, 0.29) is 22.7 Å². The van der Waals surface area contributed by atoms with Crippen molar-refractivity contribution < 1.29 is 14.0 Å². The molecule has 0 spiro atoms. The lowest BCUT2D eigenvalue weighted by Gasteiger charge is -2.24. The predicted octanol–water partition coefficient (Wildman–Crippen LogP) is 3.58. The molecule has 0 saturated carbocycles. The van der Waals surface area contributed by atoms with Crippen molar-refractivity contribution in [3.63, 3.8) is 0 Å². The van der Waals surface area contributed by atoms with E-state index < -0.39 is 0 Å². The van der Waals surface area contributed by atoms with Gasteiger partial charge in [0.05, 0.1) is 18.6 Å². The average molecular weight is 358 g/mol. The lowest BCUT2D eigenvalue weighted by atomic mass is 10.1. The number of furan rings is 1. The van der Waals surface area contributed by atoms with Crippen LogP contribution in [0.1, 0.15) is 47.8 Å². The number of benzene rings is 1. The molecule has 5 nitrogen and oxygen atoms in total. The summed E-state index contributed by atoms with van der Waals surface area (Å²) in [6.07, 6.45) is 1.61. The molecule has 2 heterocycles. The molecular weight excluding hydrogens is 336 g/mol. The molecule has 1 aromatic carbocycles. The maximum Gasteiger partial charge on any atom is 0.251 e. The van der Waals surface area contributed by atoms with E-state index in [9.17, 15) is 9.59 Å². The smallest absolute Gasteiger partial charge is 0.251 e. The molecule has 6 heteroatoms. The molecule has 1 aliphatic rings. The molecule has 2 amide bonds. The van der Waals surface area contributed by atoms with Gasteiger partial charge in [0.2, 0.25) is 5.91 Å². The van der Waals surface area contributed by atoms with Crippen LogP contribution >= 0.6 is 11.8 Å². The van der Waals surface area contributed by atoms with Crippen molar-refractivity contribution >= 4 is 23.6 Å². The predicted molar refractivity (Wildman–Crippen MR) is 98.1 cm³/mol. The van der Waals surface area contributed by atoms with E-state index in [1.807, 2.05) is 62.1 Å². The van der Waals surface area contributed by atoms with Gasteiger partial charge in [-0.1, -0.05) is 12.1 Å². The minimum atomic E-state index is -0.274. The monoisotopic (exact) mass is 358 g/mol. The van der Waals surface area contributed by atoms with Crippen LogP contribution in [0.3, 0.4) is 0 Å². The molecule has 1 unspecified atom stereocenters. The number of carbonyl (C=O) groups is 2. The van der Waals surface area contributed by atoms with Crippen LogP contribution in [0.2, 0.25) is 0 Å². The van der Waals surface area contributed by atoms with E-state index in [1.165, 1.54) is 0 Å². The second-order valence-corrected chi connectivity index (χ2v) is 8.16. The van der Waals surface area contributed by atoms with Gasteiger partial charge in [-0.25, -0.2) is 0 Å². The van der Waals surface area contributed by atoms with Crippen molar-refractivity contribution in [3.8, 4) is 0 Å². The van der Waals surface area contributed by atoms with Gasteiger partial charge < -0.3 is 14.6 Å². The highest BCUT2D eigenvalue weighted by atomic mass is 32.2. The minimum absolute atomic E-state index is 0.0580. The fourth-order valence-corrected chi connectivity index (χ4v) is 3.87. The number of hydrogen-bond donors (Lipinski definition) is 1. The molecule has 3 rings (SSSR count). The Kier molecular flexibility index (Phi) is 4.90. The summed E-state index contributed by atoms with van der Waals surface area (Å²) in [7, 11) is 0. The van der Waals surface area contributed by atoms with Gasteiger partial charge in [0.15, 0.2) is 0 Å². The highest BCUT2D eigenvalue weighted by molar-refractivity contribution is 8.00. The second-order valence-electron chi connectivity index (χ2n) is 7.09. The summed E-state index contributed by atoms with van der Waals surface area (Å²) in [4.78, 5) is 26.3. The zero-order valence-electron chi connectivity index (χ0n) is 14.6.